The molecule has 1 aliphatic heterocycles. The van der Waals surface area contributed by atoms with Gasteiger partial charge in [-0.1, -0.05) is 27.2 Å². The van der Waals surface area contributed by atoms with E-state index in [-0.39, 0.29) is 0 Å². The number of hydrogen-bond acceptors (Lipinski definition) is 3. The van der Waals surface area contributed by atoms with Gasteiger partial charge in [-0.25, -0.2) is 0 Å². The number of rotatable bonds is 7. The van der Waals surface area contributed by atoms with Crippen LogP contribution >= 0.6 is 0 Å². The van der Waals surface area contributed by atoms with Gasteiger partial charge in [0.2, 0.25) is 0 Å². The molecule has 1 fully saturated rings. The van der Waals surface area contributed by atoms with E-state index in [9.17, 15) is 0 Å². The average Bonchev–Trinajstić information content (AvgIpc) is 2.28. The average molecular weight is 242 g/mol. The van der Waals surface area contributed by atoms with Crippen molar-refractivity contribution in [3.8, 4) is 0 Å². The third-order valence-corrected chi connectivity index (χ3v) is 3.23. The van der Waals surface area contributed by atoms with E-state index in [0.29, 0.717) is 5.41 Å². The van der Waals surface area contributed by atoms with Gasteiger partial charge in [0.25, 0.3) is 0 Å². The Kier molecular flexibility index (Phi) is 7.09. The number of nitrogens with one attached hydrogen (secondary N) is 1. The van der Waals surface area contributed by atoms with Crippen molar-refractivity contribution in [1.82, 2.24) is 10.2 Å². The zero-order valence-corrected chi connectivity index (χ0v) is 11.9. The number of piperazine rings is 1. The maximum absolute atomic E-state index is 5.69. The van der Waals surface area contributed by atoms with Crippen LogP contribution in [0, 0.1) is 5.41 Å². The van der Waals surface area contributed by atoms with Crippen molar-refractivity contribution in [2.45, 2.75) is 40.0 Å². The van der Waals surface area contributed by atoms with Crippen molar-refractivity contribution in [1.29, 1.82) is 0 Å². The zero-order chi connectivity index (χ0) is 12.6. The topological polar surface area (TPSA) is 24.5 Å². The molecule has 1 N–H and O–H groups in total. The molecule has 102 valence electrons. The molecule has 0 radical (unpaired) electrons. The molecule has 3 nitrogen and oxygen atoms in total. The minimum absolute atomic E-state index is 0.473. The predicted octanol–water partition coefficient (Wildman–Crippen LogP) is 2.12. The highest BCUT2D eigenvalue weighted by atomic mass is 16.5. The lowest BCUT2D eigenvalue weighted by molar-refractivity contribution is 0.0950. The van der Waals surface area contributed by atoms with Crippen LogP contribution in [0.3, 0.4) is 0 Å². The van der Waals surface area contributed by atoms with Crippen LogP contribution < -0.4 is 5.32 Å². The molecule has 0 aromatic heterocycles. The molecular weight excluding hydrogens is 212 g/mol. The highest BCUT2D eigenvalue weighted by Crippen LogP contribution is 2.21. The lowest BCUT2D eigenvalue weighted by Crippen LogP contribution is -2.44. The predicted molar refractivity (Wildman–Crippen MR) is 73.4 cm³/mol. The van der Waals surface area contributed by atoms with Gasteiger partial charge in [-0.15, -0.1) is 0 Å². The molecule has 0 bridgehead atoms. The Labute approximate surface area is 107 Å². The van der Waals surface area contributed by atoms with Gasteiger partial charge < -0.3 is 10.1 Å². The van der Waals surface area contributed by atoms with Gasteiger partial charge >= 0.3 is 0 Å². The summed E-state index contributed by atoms with van der Waals surface area (Å²) in [5.74, 6) is 0. The first-order valence-corrected chi connectivity index (χ1v) is 7.09. The zero-order valence-electron chi connectivity index (χ0n) is 11.9. The van der Waals surface area contributed by atoms with E-state index in [1.807, 2.05) is 0 Å². The third kappa shape index (κ3) is 8.58. The molecule has 0 saturated carbocycles. The standard InChI is InChI=1S/C14H30N2O/c1-14(2,3)6-4-5-12-17-13-11-16-9-7-15-8-10-16/h15H,4-13H2,1-3H3. The number of hydrogen-bond donors (Lipinski definition) is 1. The number of ether oxygens (including phenoxy) is 1. The van der Waals surface area contributed by atoms with Crippen molar-refractivity contribution in [3.63, 3.8) is 0 Å². The lowest BCUT2D eigenvalue weighted by Gasteiger charge is -2.26. The molecule has 0 amide bonds. The molecule has 0 aliphatic carbocycles. The monoisotopic (exact) mass is 242 g/mol. The Balaban J connectivity index is 1.84. The molecule has 1 saturated heterocycles. The SMILES string of the molecule is CC(C)(C)CCCCOCCN1CCNCC1. The van der Waals surface area contributed by atoms with Crippen LogP contribution in [-0.4, -0.2) is 50.8 Å². The van der Waals surface area contributed by atoms with Gasteiger partial charge in [-0.05, 0) is 18.3 Å². The van der Waals surface area contributed by atoms with Crippen molar-refractivity contribution in [3.05, 3.63) is 0 Å². The summed E-state index contributed by atoms with van der Waals surface area (Å²) < 4.78 is 5.69. The molecular formula is C14H30N2O. The summed E-state index contributed by atoms with van der Waals surface area (Å²) in [6.07, 6.45) is 3.80. The smallest absolute Gasteiger partial charge is 0.0593 e. The van der Waals surface area contributed by atoms with E-state index in [2.05, 4.69) is 31.0 Å². The summed E-state index contributed by atoms with van der Waals surface area (Å²) >= 11 is 0. The molecule has 1 rings (SSSR count). The summed E-state index contributed by atoms with van der Waals surface area (Å²) in [5, 5.41) is 3.36. The van der Waals surface area contributed by atoms with E-state index < -0.39 is 0 Å². The Morgan fingerprint density at radius 2 is 1.76 bits per heavy atom. The summed E-state index contributed by atoms with van der Waals surface area (Å²) in [5.41, 5.74) is 0.473. The van der Waals surface area contributed by atoms with Crippen LogP contribution in [-0.2, 0) is 4.74 Å². The Bertz CT molecular complexity index is 183. The molecule has 0 unspecified atom stereocenters. The van der Waals surface area contributed by atoms with Crippen LogP contribution in [0.15, 0.2) is 0 Å². The first-order chi connectivity index (χ1) is 8.08. The highest BCUT2D eigenvalue weighted by Gasteiger charge is 2.09. The van der Waals surface area contributed by atoms with Crippen LogP contribution in [0.4, 0.5) is 0 Å². The lowest BCUT2D eigenvalue weighted by atomic mass is 9.90. The first kappa shape index (κ1) is 14.9. The maximum Gasteiger partial charge on any atom is 0.0593 e. The molecule has 1 aliphatic rings. The Morgan fingerprint density at radius 3 is 2.41 bits per heavy atom. The largest absolute Gasteiger partial charge is 0.380 e. The molecule has 3 heteroatoms. The number of unbranched alkanes of at least 4 members (excludes halogenated alkanes) is 1. The molecule has 17 heavy (non-hydrogen) atoms. The normalized spacial score (nSPS) is 18.5. The molecule has 1 heterocycles. The summed E-state index contributed by atoms with van der Waals surface area (Å²) in [6, 6.07) is 0. The van der Waals surface area contributed by atoms with Crippen LogP contribution in [0.25, 0.3) is 0 Å². The Morgan fingerprint density at radius 1 is 1.06 bits per heavy atom. The fourth-order valence-electron chi connectivity index (χ4n) is 2.09. The van der Waals surface area contributed by atoms with Gasteiger partial charge in [0.05, 0.1) is 6.61 Å². The van der Waals surface area contributed by atoms with E-state index in [0.717, 1.165) is 32.8 Å². The van der Waals surface area contributed by atoms with Crippen molar-refractivity contribution >= 4 is 0 Å². The second-order valence-corrected chi connectivity index (χ2v) is 6.22. The summed E-state index contributed by atoms with van der Waals surface area (Å²) in [4.78, 5) is 2.48. The highest BCUT2D eigenvalue weighted by molar-refractivity contribution is 4.66. The first-order valence-electron chi connectivity index (χ1n) is 7.09. The van der Waals surface area contributed by atoms with Crippen LogP contribution in [0.5, 0.6) is 0 Å². The van der Waals surface area contributed by atoms with Crippen LogP contribution in [0.2, 0.25) is 0 Å². The third-order valence-electron chi connectivity index (χ3n) is 3.23. The summed E-state index contributed by atoms with van der Waals surface area (Å²) in [7, 11) is 0. The van der Waals surface area contributed by atoms with E-state index in [4.69, 9.17) is 4.74 Å². The van der Waals surface area contributed by atoms with Crippen LogP contribution in [0.1, 0.15) is 40.0 Å². The van der Waals surface area contributed by atoms with Crippen molar-refractivity contribution in [2.75, 3.05) is 45.9 Å². The van der Waals surface area contributed by atoms with E-state index in [1.165, 1.54) is 32.4 Å². The molecule has 0 aromatic rings. The maximum atomic E-state index is 5.69. The number of nitrogens with zero attached hydrogens (tertiary/aromatic N) is 1. The molecule has 0 aromatic carbocycles. The molecule has 0 spiro atoms. The quantitative estimate of drug-likeness (QED) is 0.692. The summed E-state index contributed by atoms with van der Waals surface area (Å²) in [6.45, 7) is 14.4. The van der Waals surface area contributed by atoms with Gasteiger partial charge in [0.1, 0.15) is 0 Å². The second kappa shape index (κ2) is 8.06. The van der Waals surface area contributed by atoms with E-state index >= 15 is 0 Å². The van der Waals surface area contributed by atoms with E-state index in [1.54, 1.807) is 0 Å². The van der Waals surface area contributed by atoms with Gasteiger partial charge in [-0.2, -0.15) is 0 Å². The van der Waals surface area contributed by atoms with Gasteiger partial charge in [-0.3, -0.25) is 4.90 Å². The fourth-order valence-corrected chi connectivity index (χ4v) is 2.09. The van der Waals surface area contributed by atoms with Gasteiger partial charge in [0, 0.05) is 39.3 Å². The molecule has 0 atom stereocenters. The Hall–Kier alpha value is -0.120. The van der Waals surface area contributed by atoms with Crippen molar-refractivity contribution in [2.24, 2.45) is 5.41 Å². The second-order valence-electron chi connectivity index (χ2n) is 6.22. The van der Waals surface area contributed by atoms with Gasteiger partial charge in [0.15, 0.2) is 0 Å². The fraction of sp³-hybridized carbons (Fsp3) is 1.00. The minimum Gasteiger partial charge on any atom is -0.380 e. The minimum atomic E-state index is 0.473. The van der Waals surface area contributed by atoms with Crippen molar-refractivity contribution < 1.29 is 4.74 Å².